The maximum Gasteiger partial charge on any atom is 0.314 e. The van der Waals surface area contributed by atoms with Crippen LogP contribution >= 0.6 is 0 Å². The molecule has 146 valence electrons. The quantitative estimate of drug-likeness (QED) is 0.434. The first kappa shape index (κ1) is 20.3. The van der Waals surface area contributed by atoms with Gasteiger partial charge in [-0.05, 0) is 31.7 Å². The van der Waals surface area contributed by atoms with Gasteiger partial charge in [0.1, 0.15) is 5.69 Å². The lowest BCUT2D eigenvalue weighted by Gasteiger charge is -2.27. The summed E-state index contributed by atoms with van der Waals surface area (Å²) in [7, 11) is 1.31. The number of nitro groups is 2. The van der Waals surface area contributed by atoms with Crippen molar-refractivity contribution in [3.8, 4) is 0 Å². The second kappa shape index (κ2) is 8.11. The highest BCUT2D eigenvalue weighted by Crippen LogP contribution is 2.45. The summed E-state index contributed by atoms with van der Waals surface area (Å²) < 4.78 is 4.87. The number of anilines is 1. The molecule has 1 atom stereocenters. The van der Waals surface area contributed by atoms with Gasteiger partial charge in [-0.1, -0.05) is 13.8 Å². The Morgan fingerprint density at radius 2 is 1.96 bits per heavy atom. The van der Waals surface area contributed by atoms with Crippen molar-refractivity contribution in [2.24, 2.45) is 16.4 Å². The lowest BCUT2D eigenvalue weighted by molar-refractivity contribution is -0.393. The lowest BCUT2D eigenvalue weighted by atomic mass is 9.78. The molecule has 1 N–H and O–H groups in total. The van der Waals surface area contributed by atoms with Gasteiger partial charge in [-0.15, -0.1) is 0 Å². The fraction of sp³-hybridized carbons (Fsp3) is 0.529. The molecule has 1 aromatic carbocycles. The zero-order chi connectivity index (χ0) is 20.2. The largest absolute Gasteiger partial charge is 0.469 e. The highest BCUT2D eigenvalue weighted by molar-refractivity contribution is 6.07. The minimum Gasteiger partial charge on any atom is -0.469 e. The molecule has 1 saturated carbocycles. The number of non-ortho nitro benzene ring substituents is 1. The van der Waals surface area contributed by atoms with E-state index >= 15 is 0 Å². The number of hydrogen-bond donors (Lipinski definition) is 1. The van der Waals surface area contributed by atoms with Gasteiger partial charge in [-0.25, -0.2) is 0 Å². The summed E-state index contributed by atoms with van der Waals surface area (Å²) in [6.45, 7) is 4.01. The Hall–Kier alpha value is -3.04. The molecule has 0 aliphatic heterocycles. The molecular formula is C17H22N4O6. The van der Waals surface area contributed by atoms with Crippen LogP contribution in [0.5, 0.6) is 0 Å². The monoisotopic (exact) mass is 378 g/mol. The Morgan fingerprint density at radius 1 is 1.30 bits per heavy atom. The minimum atomic E-state index is -0.713. The molecule has 0 unspecified atom stereocenters. The SMILES string of the molecule is CCC1(CC)CC[C@H](C(=O)OC)/C1=N\Nc1ccc([N+](=O)[O-])cc1[N+](=O)[O-]. The maximum absolute atomic E-state index is 12.1. The van der Waals surface area contributed by atoms with E-state index in [1.165, 1.54) is 13.2 Å². The van der Waals surface area contributed by atoms with Crippen molar-refractivity contribution in [3.63, 3.8) is 0 Å². The van der Waals surface area contributed by atoms with E-state index in [2.05, 4.69) is 10.5 Å². The number of esters is 1. The fourth-order valence-electron chi connectivity index (χ4n) is 3.59. The molecule has 1 aromatic rings. The molecule has 10 nitrogen and oxygen atoms in total. The summed E-state index contributed by atoms with van der Waals surface area (Å²) >= 11 is 0. The van der Waals surface area contributed by atoms with Crippen molar-refractivity contribution in [1.29, 1.82) is 0 Å². The predicted molar refractivity (Wildman–Crippen MR) is 98.6 cm³/mol. The minimum absolute atomic E-state index is 0.0229. The van der Waals surface area contributed by atoms with Crippen LogP contribution in [0.1, 0.15) is 39.5 Å². The third-order valence-electron chi connectivity index (χ3n) is 5.31. The van der Waals surface area contributed by atoms with E-state index < -0.39 is 27.4 Å². The van der Waals surface area contributed by atoms with E-state index in [1.54, 1.807) is 0 Å². The summed E-state index contributed by atoms with van der Waals surface area (Å²) in [5, 5.41) is 26.5. The smallest absolute Gasteiger partial charge is 0.314 e. The van der Waals surface area contributed by atoms with Gasteiger partial charge in [0.15, 0.2) is 0 Å². The van der Waals surface area contributed by atoms with Gasteiger partial charge in [0.2, 0.25) is 0 Å². The van der Waals surface area contributed by atoms with Crippen LogP contribution in [0.15, 0.2) is 23.3 Å². The van der Waals surface area contributed by atoms with Gasteiger partial charge in [-0.2, -0.15) is 5.10 Å². The molecule has 1 fully saturated rings. The molecule has 0 heterocycles. The van der Waals surface area contributed by atoms with Crippen molar-refractivity contribution in [3.05, 3.63) is 38.4 Å². The van der Waals surface area contributed by atoms with E-state index in [-0.39, 0.29) is 16.8 Å². The number of rotatable bonds is 7. The molecule has 0 bridgehead atoms. The van der Waals surface area contributed by atoms with Crippen LogP contribution in [0.2, 0.25) is 0 Å². The molecule has 10 heteroatoms. The standard InChI is InChI=1S/C17H22N4O6/c1-4-17(5-2)9-8-12(16(22)27-3)15(17)19-18-13-7-6-11(20(23)24)10-14(13)21(25)26/h6-7,10,12,18H,4-5,8-9H2,1-3H3/b19-15+/t12-/m0/s1. The van der Waals surface area contributed by atoms with Crippen molar-refractivity contribution in [2.45, 2.75) is 39.5 Å². The van der Waals surface area contributed by atoms with Crippen molar-refractivity contribution >= 4 is 28.7 Å². The Kier molecular flexibility index (Phi) is 6.09. The summed E-state index contributed by atoms with van der Waals surface area (Å²) in [6.07, 6.45) is 2.89. The van der Waals surface area contributed by atoms with Crippen molar-refractivity contribution < 1.29 is 19.4 Å². The maximum atomic E-state index is 12.1. The van der Waals surface area contributed by atoms with Crippen LogP contribution in [0.25, 0.3) is 0 Å². The molecule has 1 aliphatic rings. The number of benzene rings is 1. The number of nitrogens with one attached hydrogen (secondary N) is 1. The first-order valence-corrected chi connectivity index (χ1v) is 8.64. The topological polar surface area (TPSA) is 137 Å². The number of methoxy groups -OCH3 is 1. The first-order chi connectivity index (χ1) is 12.8. The molecule has 2 rings (SSSR count). The molecule has 0 amide bonds. The van der Waals surface area contributed by atoms with E-state index in [0.29, 0.717) is 12.1 Å². The number of carbonyl (C=O) groups is 1. The molecule has 27 heavy (non-hydrogen) atoms. The first-order valence-electron chi connectivity index (χ1n) is 8.64. The van der Waals surface area contributed by atoms with Gasteiger partial charge in [0, 0.05) is 11.5 Å². The second-order valence-electron chi connectivity index (χ2n) is 6.43. The lowest BCUT2D eigenvalue weighted by Crippen LogP contribution is -2.32. The van der Waals surface area contributed by atoms with Crippen molar-refractivity contribution in [2.75, 3.05) is 12.5 Å². The van der Waals surface area contributed by atoms with Gasteiger partial charge in [0.05, 0.1) is 34.7 Å². The third kappa shape index (κ3) is 3.88. The zero-order valence-electron chi connectivity index (χ0n) is 15.4. The van der Waals surface area contributed by atoms with Crippen LogP contribution in [0.4, 0.5) is 17.1 Å². The van der Waals surface area contributed by atoms with E-state index in [4.69, 9.17) is 4.74 Å². The van der Waals surface area contributed by atoms with Crippen LogP contribution in [-0.2, 0) is 9.53 Å². The predicted octanol–water partition coefficient (Wildman–Crippen LogP) is 3.66. The average Bonchev–Trinajstić information content (AvgIpc) is 3.04. The van der Waals surface area contributed by atoms with Crippen LogP contribution in [0.3, 0.4) is 0 Å². The van der Waals surface area contributed by atoms with Gasteiger partial charge < -0.3 is 4.74 Å². The van der Waals surface area contributed by atoms with E-state index in [1.807, 2.05) is 13.8 Å². The molecule has 0 aromatic heterocycles. The number of ether oxygens (including phenoxy) is 1. The molecular weight excluding hydrogens is 356 g/mol. The number of hydrazone groups is 1. The fourth-order valence-corrected chi connectivity index (χ4v) is 3.59. The van der Waals surface area contributed by atoms with Crippen molar-refractivity contribution in [1.82, 2.24) is 0 Å². The molecule has 1 aliphatic carbocycles. The normalized spacial score (nSPS) is 19.7. The Labute approximate surface area is 155 Å². The van der Waals surface area contributed by atoms with Gasteiger partial charge >= 0.3 is 11.7 Å². The summed E-state index contributed by atoms with van der Waals surface area (Å²) in [4.78, 5) is 32.8. The van der Waals surface area contributed by atoms with Crippen LogP contribution in [0, 0.1) is 31.6 Å². The number of hydrogen-bond acceptors (Lipinski definition) is 8. The van der Waals surface area contributed by atoms with Gasteiger partial charge in [0.25, 0.3) is 5.69 Å². The summed E-state index contributed by atoms with van der Waals surface area (Å²) in [5.41, 5.74) is 2.14. The Bertz CT molecular complexity index is 788. The zero-order valence-corrected chi connectivity index (χ0v) is 15.4. The molecule has 0 radical (unpaired) electrons. The molecule has 0 saturated heterocycles. The average molecular weight is 378 g/mol. The van der Waals surface area contributed by atoms with E-state index in [9.17, 15) is 25.0 Å². The highest BCUT2D eigenvalue weighted by atomic mass is 16.6. The van der Waals surface area contributed by atoms with E-state index in [0.717, 1.165) is 31.4 Å². The van der Waals surface area contributed by atoms with Crippen LogP contribution in [-0.4, -0.2) is 28.6 Å². The Balaban J connectivity index is 2.44. The summed E-state index contributed by atoms with van der Waals surface area (Å²) in [6, 6.07) is 3.28. The summed E-state index contributed by atoms with van der Waals surface area (Å²) in [5.74, 6) is -0.906. The number of carbonyl (C=O) groups excluding carboxylic acids is 1. The number of nitro benzene ring substituents is 2. The second-order valence-corrected chi connectivity index (χ2v) is 6.43. The Morgan fingerprint density at radius 3 is 2.48 bits per heavy atom. The molecule has 0 spiro atoms. The van der Waals surface area contributed by atoms with Crippen LogP contribution < -0.4 is 5.43 Å². The van der Waals surface area contributed by atoms with Gasteiger partial charge in [-0.3, -0.25) is 30.4 Å². The third-order valence-corrected chi connectivity index (χ3v) is 5.31. The number of nitrogens with zero attached hydrogens (tertiary/aromatic N) is 3. The highest BCUT2D eigenvalue weighted by Gasteiger charge is 2.46.